The van der Waals surface area contributed by atoms with Gasteiger partial charge in [0.25, 0.3) is 5.91 Å². The summed E-state index contributed by atoms with van der Waals surface area (Å²) in [6.45, 7) is 2.40. The maximum atomic E-state index is 12.7. The summed E-state index contributed by atoms with van der Waals surface area (Å²) >= 11 is 3.24. The first-order chi connectivity index (χ1) is 10.1. The van der Waals surface area contributed by atoms with Crippen LogP contribution in [-0.4, -0.2) is 32.5 Å². The van der Waals surface area contributed by atoms with Crippen molar-refractivity contribution in [1.82, 2.24) is 20.1 Å². The Morgan fingerprint density at radius 1 is 1.52 bits per heavy atom. The summed E-state index contributed by atoms with van der Waals surface area (Å²) in [6, 6.07) is 1.47. The Kier molecular flexibility index (Phi) is 3.71. The molecular weight excluding hydrogens is 340 g/mol. The van der Waals surface area contributed by atoms with Crippen LogP contribution in [0.3, 0.4) is 0 Å². The van der Waals surface area contributed by atoms with Crippen molar-refractivity contribution in [2.45, 2.75) is 32.2 Å². The molecule has 1 aliphatic heterocycles. The van der Waals surface area contributed by atoms with Crippen LogP contribution in [0.4, 0.5) is 0 Å². The van der Waals surface area contributed by atoms with Crippen molar-refractivity contribution in [3.63, 3.8) is 0 Å². The van der Waals surface area contributed by atoms with Gasteiger partial charge < -0.3 is 9.32 Å². The second-order valence-electron chi connectivity index (χ2n) is 5.09. The Hall–Kier alpha value is -1.83. The molecule has 0 unspecified atom stereocenters. The number of aromatic nitrogens is 3. The third kappa shape index (κ3) is 2.67. The van der Waals surface area contributed by atoms with E-state index in [-0.39, 0.29) is 17.6 Å². The number of carbonyl (C=O) groups is 1. The molecule has 0 radical (unpaired) electrons. The molecule has 2 aromatic heterocycles. The number of likely N-dealkylation sites (tertiary alicyclic amines) is 1. The standard InChI is InChI=1S/C13H15BrN4O3/c1-7-8(6-10(14)21-7)12(19)18-5-3-2-4-9(18)11-15-13(20)17-16-11/h6,9H,2-5H2,1H3,(H2,15,16,17,20)/t9-/m0/s1. The van der Waals surface area contributed by atoms with E-state index in [1.54, 1.807) is 17.9 Å². The zero-order valence-corrected chi connectivity index (χ0v) is 13.1. The van der Waals surface area contributed by atoms with Crippen molar-refractivity contribution < 1.29 is 9.21 Å². The van der Waals surface area contributed by atoms with E-state index in [4.69, 9.17) is 4.42 Å². The van der Waals surface area contributed by atoms with Crippen molar-refractivity contribution >= 4 is 21.8 Å². The predicted octanol–water partition coefficient (Wildman–Crippen LogP) is 2.13. The molecule has 1 saturated heterocycles. The van der Waals surface area contributed by atoms with Gasteiger partial charge in [0.05, 0.1) is 11.6 Å². The SMILES string of the molecule is Cc1oc(Br)cc1C(=O)N1CCCC[C@H]1c1n[nH]c(=O)[nH]1. The Morgan fingerprint density at radius 2 is 2.33 bits per heavy atom. The van der Waals surface area contributed by atoms with Crippen molar-refractivity contribution in [3.8, 4) is 0 Å². The molecule has 1 amide bonds. The molecule has 0 spiro atoms. The molecule has 1 aliphatic rings. The lowest BCUT2D eigenvalue weighted by atomic mass is 10.0. The van der Waals surface area contributed by atoms with Crippen LogP contribution in [0, 0.1) is 6.92 Å². The van der Waals surface area contributed by atoms with Gasteiger partial charge in [0.1, 0.15) is 5.76 Å². The third-order valence-corrected chi connectivity index (χ3v) is 4.11. The number of carbonyl (C=O) groups excluding carboxylic acids is 1. The minimum Gasteiger partial charge on any atom is -0.454 e. The minimum absolute atomic E-state index is 0.101. The van der Waals surface area contributed by atoms with Gasteiger partial charge in [-0.05, 0) is 42.1 Å². The molecule has 0 bridgehead atoms. The number of piperidine rings is 1. The first-order valence-electron chi connectivity index (χ1n) is 6.77. The number of nitrogens with zero attached hydrogens (tertiary/aromatic N) is 2. The van der Waals surface area contributed by atoms with E-state index in [9.17, 15) is 9.59 Å². The number of rotatable bonds is 2. The number of H-pyrrole nitrogens is 2. The first-order valence-corrected chi connectivity index (χ1v) is 7.57. The molecule has 3 rings (SSSR count). The number of amides is 1. The molecule has 21 heavy (non-hydrogen) atoms. The Balaban J connectivity index is 1.92. The number of aromatic amines is 2. The fourth-order valence-electron chi connectivity index (χ4n) is 2.71. The lowest BCUT2D eigenvalue weighted by molar-refractivity contribution is 0.0598. The lowest BCUT2D eigenvalue weighted by Crippen LogP contribution is -2.39. The zero-order chi connectivity index (χ0) is 15.0. The summed E-state index contributed by atoms with van der Waals surface area (Å²) in [7, 11) is 0. The average Bonchev–Trinajstić information content (AvgIpc) is 3.04. The highest BCUT2D eigenvalue weighted by atomic mass is 79.9. The van der Waals surface area contributed by atoms with Crippen molar-refractivity contribution in [2.24, 2.45) is 0 Å². The Labute approximate surface area is 128 Å². The lowest BCUT2D eigenvalue weighted by Gasteiger charge is -2.34. The van der Waals surface area contributed by atoms with Crippen LogP contribution in [0.25, 0.3) is 0 Å². The van der Waals surface area contributed by atoms with Gasteiger partial charge in [-0.2, -0.15) is 5.10 Å². The maximum absolute atomic E-state index is 12.7. The summed E-state index contributed by atoms with van der Waals surface area (Å²) in [6.07, 6.45) is 2.72. The summed E-state index contributed by atoms with van der Waals surface area (Å²) in [5.74, 6) is 0.982. The fraction of sp³-hybridized carbons (Fsp3) is 0.462. The van der Waals surface area contributed by atoms with Crippen LogP contribution in [0.1, 0.15) is 47.2 Å². The Morgan fingerprint density at radius 3 is 2.95 bits per heavy atom. The van der Waals surface area contributed by atoms with Gasteiger partial charge >= 0.3 is 5.69 Å². The van der Waals surface area contributed by atoms with Crippen LogP contribution in [0.15, 0.2) is 19.9 Å². The second-order valence-corrected chi connectivity index (χ2v) is 5.88. The van der Waals surface area contributed by atoms with Gasteiger partial charge in [0.2, 0.25) is 0 Å². The van der Waals surface area contributed by atoms with Crippen LogP contribution < -0.4 is 5.69 Å². The van der Waals surface area contributed by atoms with Crippen molar-refractivity contribution in [1.29, 1.82) is 0 Å². The van der Waals surface area contributed by atoms with Crippen molar-refractivity contribution in [3.05, 3.63) is 38.4 Å². The van der Waals surface area contributed by atoms with Crippen LogP contribution >= 0.6 is 15.9 Å². The number of furan rings is 1. The van der Waals surface area contributed by atoms with E-state index in [0.29, 0.717) is 28.4 Å². The Bertz CT molecular complexity index is 717. The smallest absolute Gasteiger partial charge is 0.340 e. The number of hydrogen-bond acceptors (Lipinski definition) is 4. The van der Waals surface area contributed by atoms with E-state index in [0.717, 1.165) is 19.3 Å². The zero-order valence-electron chi connectivity index (χ0n) is 11.5. The van der Waals surface area contributed by atoms with Crippen LogP contribution in [-0.2, 0) is 0 Å². The van der Waals surface area contributed by atoms with Gasteiger partial charge in [-0.15, -0.1) is 0 Å². The maximum Gasteiger partial charge on any atom is 0.340 e. The summed E-state index contributed by atoms with van der Waals surface area (Å²) < 4.78 is 5.89. The van der Waals surface area contributed by atoms with Gasteiger partial charge in [0.15, 0.2) is 10.5 Å². The van der Waals surface area contributed by atoms with E-state index >= 15 is 0 Å². The topological polar surface area (TPSA) is 95.0 Å². The normalized spacial score (nSPS) is 19.0. The fourth-order valence-corrected chi connectivity index (χ4v) is 3.18. The van der Waals surface area contributed by atoms with E-state index in [2.05, 4.69) is 31.1 Å². The third-order valence-electron chi connectivity index (χ3n) is 3.72. The average molecular weight is 355 g/mol. The molecule has 1 fully saturated rings. The molecule has 2 N–H and O–H groups in total. The number of aryl methyl sites for hydroxylation is 1. The molecule has 0 aliphatic carbocycles. The largest absolute Gasteiger partial charge is 0.454 e. The molecule has 1 atom stereocenters. The van der Waals surface area contributed by atoms with Crippen LogP contribution in [0.5, 0.6) is 0 Å². The molecule has 7 nitrogen and oxygen atoms in total. The summed E-state index contributed by atoms with van der Waals surface area (Å²) in [4.78, 5) is 28.4. The molecule has 112 valence electrons. The molecule has 0 saturated carbocycles. The molecule has 8 heteroatoms. The quantitative estimate of drug-likeness (QED) is 0.863. The monoisotopic (exact) mass is 354 g/mol. The van der Waals surface area contributed by atoms with Crippen LogP contribution in [0.2, 0.25) is 0 Å². The number of nitrogens with one attached hydrogen (secondary N) is 2. The van der Waals surface area contributed by atoms with E-state index in [1.807, 2.05) is 0 Å². The molecule has 0 aromatic carbocycles. The van der Waals surface area contributed by atoms with Crippen molar-refractivity contribution in [2.75, 3.05) is 6.54 Å². The van der Waals surface area contributed by atoms with Gasteiger partial charge in [0, 0.05) is 12.6 Å². The predicted molar refractivity (Wildman–Crippen MR) is 78.0 cm³/mol. The molecular formula is C13H15BrN4O3. The number of hydrogen-bond donors (Lipinski definition) is 2. The van der Waals surface area contributed by atoms with E-state index in [1.165, 1.54) is 0 Å². The summed E-state index contributed by atoms with van der Waals surface area (Å²) in [5, 5.41) is 6.33. The molecule has 3 heterocycles. The van der Waals surface area contributed by atoms with Gasteiger partial charge in [-0.1, -0.05) is 0 Å². The number of halogens is 1. The highest BCUT2D eigenvalue weighted by Gasteiger charge is 2.32. The highest BCUT2D eigenvalue weighted by Crippen LogP contribution is 2.31. The summed E-state index contributed by atoms with van der Waals surface area (Å²) in [5.41, 5.74) is 0.178. The van der Waals surface area contributed by atoms with Gasteiger partial charge in [-0.3, -0.25) is 9.78 Å². The van der Waals surface area contributed by atoms with Gasteiger partial charge in [-0.25, -0.2) is 9.89 Å². The molecule has 2 aromatic rings. The first kappa shape index (κ1) is 14.1. The minimum atomic E-state index is -0.356. The second kappa shape index (κ2) is 5.51. The van der Waals surface area contributed by atoms with E-state index < -0.39 is 0 Å². The highest BCUT2D eigenvalue weighted by molar-refractivity contribution is 9.10.